The van der Waals surface area contributed by atoms with Gasteiger partial charge < -0.3 is 10.6 Å². The molecule has 2 atom stereocenters. The molecule has 2 rings (SSSR count). The molecular weight excluding hydrogens is 289 g/mol. The molecule has 0 bridgehead atoms. The van der Waals surface area contributed by atoms with E-state index in [2.05, 4.69) is 21.9 Å². The normalized spacial score (nSPS) is 21.9. The molecule has 2 N–H and O–H groups in total. The topological polar surface area (TPSA) is 54.0 Å². The van der Waals surface area contributed by atoms with Crippen LogP contribution in [0.5, 0.6) is 0 Å². The summed E-state index contributed by atoms with van der Waals surface area (Å²) >= 11 is 1.77. The van der Waals surface area contributed by atoms with Crippen LogP contribution in [-0.4, -0.2) is 35.0 Å². The van der Waals surface area contributed by atoms with Gasteiger partial charge in [0.1, 0.15) is 0 Å². The molecule has 1 fully saturated rings. The van der Waals surface area contributed by atoms with Crippen LogP contribution in [0, 0.1) is 5.82 Å². The molecule has 2 unspecified atom stereocenters. The smallest absolute Gasteiger partial charge is 0.254 e. The second-order valence-electron chi connectivity index (χ2n) is 5.19. The highest BCUT2D eigenvalue weighted by Crippen LogP contribution is 2.27. The van der Waals surface area contributed by atoms with Gasteiger partial charge in [0.05, 0.1) is 5.56 Å². The van der Waals surface area contributed by atoms with Crippen LogP contribution >= 0.6 is 11.8 Å². The Kier molecular flexibility index (Phi) is 5.85. The minimum Gasteiger partial charge on any atom is -0.368 e. The van der Waals surface area contributed by atoms with Crippen LogP contribution < -0.4 is 10.6 Å². The number of rotatable bonds is 5. The summed E-state index contributed by atoms with van der Waals surface area (Å²) in [6.45, 7) is 2.42. The van der Waals surface area contributed by atoms with Crippen molar-refractivity contribution in [2.75, 3.05) is 18.1 Å². The molecule has 0 spiro atoms. The van der Waals surface area contributed by atoms with E-state index in [-0.39, 0.29) is 23.3 Å². The Morgan fingerprint density at radius 2 is 2.24 bits per heavy atom. The van der Waals surface area contributed by atoms with Crippen molar-refractivity contribution in [1.82, 2.24) is 10.3 Å². The first kappa shape index (κ1) is 16.1. The van der Waals surface area contributed by atoms with E-state index in [0.717, 1.165) is 19.3 Å². The van der Waals surface area contributed by atoms with Gasteiger partial charge in [-0.2, -0.15) is 11.8 Å². The van der Waals surface area contributed by atoms with Crippen LogP contribution in [0.25, 0.3) is 0 Å². The SMILES string of the molecule is CCNc1nccc(C(=O)NC2CCCCC2SC)c1F. The maximum atomic E-state index is 14.3. The van der Waals surface area contributed by atoms with E-state index < -0.39 is 5.82 Å². The lowest BCUT2D eigenvalue weighted by Gasteiger charge is -2.31. The molecule has 1 aliphatic rings. The number of thioether (sulfide) groups is 1. The van der Waals surface area contributed by atoms with Gasteiger partial charge in [-0.25, -0.2) is 9.37 Å². The number of aromatic nitrogens is 1. The maximum Gasteiger partial charge on any atom is 0.254 e. The maximum absolute atomic E-state index is 14.3. The first-order chi connectivity index (χ1) is 10.2. The van der Waals surface area contributed by atoms with Crippen LogP contribution in [-0.2, 0) is 0 Å². The van der Waals surface area contributed by atoms with E-state index in [0.29, 0.717) is 11.8 Å². The molecule has 0 saturated heterocycles. The van der Waals surface area contributed by atoms with Crippen molar-refractivity contribution in [3.05, 3.63) is 23.6 Å². The summed E-state index contributed by atoms with van der Waals surface area (Å²) in [5, 5.41) is 6.23. The van der Waals surface area contributed by atoms with Crippen molar-refractivity contribution in [2.45, 2.75) is 43.9 Å². The Balaban J connectivity index is 2.11. The zero-order valence-corrected chi connectivity index (χ0v) is 13.3. The molecule has 116 valence electrons. The third-order valence-electron chi connectivity index (χ3n) is 3.80. The van der Waals surface area contributed by atoms with Gasteiger partial charge in [-0.1, -0.05) is 12.8 Å². The average Bonchev–Trinajstić information content (AvgIpc) is 2.50. The van der Waals surface area contributed by atoms with Crippen LogP contribution in [0.4, 0.5) is 10.2 Å². The molecule has 1 aromatic heterocycles. The zero-order valence-electron chi connectivity index (χ0n) is 12.5. The molecule has 1 saturated carbocycles. The molecule has 0 radical (unpaired) electrons. The van der Waals surface area contributed by atoms with E-state index in [1.165, 1.54) is 18.7 Å². The van der Waals surface area contributed by atoms with Crippen molar-refractivity contribution in [3.63, 3.8) is 0 Å². The Bertz CT molecular complexity index is 498. The predicted octanol–water partition coefficient (Wildman–Crippen LogP) is 3.06. The van der Waals surface area contributed by atoms with E-state index >= 15 is 0 Å². The molecule has 1 heterocycles. The van der Waals surface area contributed by atoms with Crippen molar-refractivity contribution in [3.8, 4) is 0 Å². The number of carbonyl (C=O) groups excluding carboxylic acids is 1. The number of nitrogens with zero attached hydrogens (tertiary/aromatic N) is 1. The van der Waals surface area contributed by atoms with Crippen molar-refractivity contribution in [1.29, 1.82) is 0 Å². The quantitative estimate of drug-likeness (QED) is 0.877. The Morgan fingerprint density at radius 1 is 1.48 bits per heavy atom. The van der Waals surface area contributed by atoms with Crippen LogP contribution in [0.3, 0.4) is 0 Å². The standard InChI is InChI=1S/C15H22FN3OS/c1-3-17-14-13(16)10(8-9-18-14)15(20)19-11-6-4-5-7-12(11)21-2/h8-9,11-12H,3-7H2,1-2H3,(H,17,18)(H,19,20). The highest BCUT2D eigenvalue weighted by atomic mass is 32.2. The van der Waals surface area contributed by atoms with Gasteiger partial charge in [0.25, 0.3) is 5.91 Å². The number of carbonyl (C=O) groups is 1. The third kappa shape index (κ3) is 3.87. The number of nitrogens with one attached hydrogen (secondary N) is 2. The van der Waals surface area contributed by atoms with Crippen LogP contribution in [0.2, 0.25) is 0 Å². The Hall–Kier alpha value is -1.30. The molecular formula is C15H22FN3OS. The number of amides is 1. The summed E-state index contributed by atoms with van der Waals surface area (Å²) in [5.74, 6) is -0.788. The summed E-state index contributed by atoms with van der Waals surface area (Å²) in [6.07, 6.45) is 7.90. The number of hydrogen-bond donors (Lipinski definition) is 2. The molecule has 1 amide bonds. The number of halogens is 1. The van der Waals surface area contributed by atoms with Gasteiger partial charge in [0, 0.05) is 24.0 Å². The minimum atomic E-state index is -0.576. The Labute approximate surface area is 129 Å². The molecule has 6 heteroatoms. The minimum absolute atomic E-state index is 0.0615. The first-order valence-electron chi connectivity index (χ1n) is 7.39. The monoisotopic (exact) mass is 311 g/mol. The third-order valence-corrected chi connectivity index (χ3v) is 4.97. The van der Waals surface area contributed by atoms with E-state index in [1.807, 2.05) is 6.92 Å². The molecule has 0 aliphatic heterocycles. The van der Waals surface area contributed by atoms with Gasteiger partial charge in [-0.15, -0.1) is 0 Å². The first-order valence-corrected chi connectivity index (χ1v) is 8.68. The van der Waals surface area contributed by atoms with Crippen molar-refractivity contribution < 1.29 is 9.18 Å². The summed E-state index contributed by atoms with van der Waals surface area (Å²) < 4.78 is 14.3. The van der Waals surface area contributed by atoms with Gasteiger partial charge in [-0.05, 0) is 32.1 Å². The van der Waals surface area contributed by atoms with Crippen LogP contribution in [0.15, 0.2) is 12.3 Å². The van der Waals surface area contributed by atoms with Crippen LogP contribution in [0.1, 0.15) is 43.0 Å². The van der Waals surface area contributed by atoms with Gasteiger partial charge in [0.15, 0.2) is 11.6 Å². The number of hydrogen-bond acceptors (Lipinski definition) is 4. The molecule has 21 heavy (non-hydrogen) atoms. The number of pyridine rings is 1. The Morgan fingerprint density at radius 3 is 2.95 bits per heavy atom. The second kappa shape index (κ2) is 7.64. The van der Waals surface area contributed by atoms with E-state index in [1.54, 1.807) is 11.8 Å². The fourth-order valence-electron chi connectivity index (χ4n) is 2.70. The van der Waals surface area contributed by atoms with E-state index in [4.69, 9.17) is 0 Å². The highest BCUT2D eigenvalue weighted by Gasteiger charge is 2.27. The molecule has 4 nitrogen and oxygen atoms in total. The summed E-state index contributed by atoms with van der Waals surface area (Å²) in [4.78, 5) is 16.3. The van der Waals surface area contributed by atoms with Crippen molar-refractivity contribution in [2.24, 2.45) is 0 Å². The summed E-state index contributed by atoms with van der Waals surface area (Å²) in [6, 6.07) is 1.55. The van der Waals surface area contributed by atoms with E-state index in [9.17, 15) is 9.18 Å². The predicted molar refractivity (Wildman–Crippen MR) is 85.4 cm³/mol. The highest BCUT2D eigenvalue weighted by molar-refractivity contribution is 7.99. The lowest BCUT2D eigenvalue weighted by molar-refractivity contribution is 0.0925. The lowest BCUT2D eigenvalue weighted by atomic mass is 9.94. The molecule has 0 aromatic carbocycles. The fourth-order valence-corrected chi connectivity index (χ4v) is 3.64. The molecule has 1 aromatic rings. The summed E-state index contributed by atoms with van der Waals surface area (Å²) in [5.41, 5.74) is 0.0615. The van der Waals surface area contributed by atoms with Crippen molar-refractivity contribution >= 4 is 23.5 Å². The summed E-state index contributed by atoms with van der Waals surface area (Å²) in [7, 11) is 0. The van der Waals surface area contributed by atoms with Gasteiger partial charge in [0.2, 0.25) is 0 Å². The number of anilines is 1. The van der Waals surface area contributed by atoms with Gasteiger partial charge >= 0.3 is 0 Å². The second-order valence-corrected chi connectivity index (χ2v) is 6.27. The van der Waals surface area contributed by atoms with Gasteiger partial charge in [-0.3, -0.25) is 4.79 Å². The lowest BCUT2D eigenvalue weighted by Crippen LogP contribution is -2.44. The molecule has 1 aliphatic carbocycles. The largest absolute Gasteiger partial charge is 0.368 e. The zero-order chi connectivity index (χ0) is 15.2. The fraction of sp³-hybridized carbons (Fsp3) is 0.600. The average molecular weight is 311 g/mol.